The van der Waals surface area contributed by atoms with Crippen LogP contribution in [0.2, 0.25) is 0 Å². The fraction of sp³-hybridized carbons (Fsp3) is 0.438. The van der Waals surface area contributed by atoms with Gasteiger partial charge in [0.15, 0.2) is 0 Å². The number of benzene rings is 1. The summed E-state index contributed by atoms with van der Waals surface area (Å²) in [4.78, 5) is 11.8. The lowest BCUT2D eigenvalue weighted by atomic mass is 9.79. The molecule has 0 heterocycles. The number of Topliss-reactive ketones (excluding diaryl/α,β-unsaturated/α-hetero) is 1. The molecule has 1 aliphatic carbocycles. The van der Waals surface area contributed by atoms with Crippen LogP contribution in [0.4, 0.5) is 0 Å². The number of carbonyl (C=O) groups is 1. The van der Waals surface area contributed by atoms with Crippen molar-refractivity contribution in [1.29, 1.82) is 0 Å². The first-order chi connectivity index (χ1) is 8.27. The van der Waals surface area contributed by atoms with E-state index >= 15 is 0 Å². The largest absolute Gasteiger partial charge is 0.299 e. The van der Waals surface area contributed by atoms with Gasteiger partial charge >= 0.3 is 0 Å². The summed E-state index contributed by atoms with van der Waals surface area (Å²) in [5.74, 6) is 1.08. The zero-order valence-electron chi connectivity index (χ0n) is 10.4. The van der Waals surface area contributed by atoms with Crippen molar-refractivity contribution in [1.82, 2.24) is 0 Å². The monoisotopic (exact) mass is 228 g/mol. The third-order valence-electron chi connectivity index (χ3n) is 3.63. The molecule has 1 nitrogen and oxygen atoms in total. The Morgan fingerprint density at radius 2 is 2.00 bits per heavy atom. The molecule has 1 aromatic rings. The molecule has 1 aliphatic rings. The molecule has 1 heteroatoms. The number of hydrogen-bond donors (Lipinski definition) is 0. The van der Waals surface area contributed by atoms with Gasteiger partial charge in [0.1, 0.15) is 5.78 Å². The van der Waals surface area contributed by atoms with E-state index in [2.05, 4.69) is 31.2 Å². The highest BCUT2D eigenvalue weighted by atomic mass is 16.1. The van der Waals surface area contributed by atoms with Crippen LogP contribution in [0.5, 0.6) is 0 Å². The van der Waals surface area contributed by atoms with Crippen molar-refractivity contribution >= 4 is 11.9 Å². The van der Waals surface area contributed by atoms with Gasteiger partial charge < -0.3 is 0 Å². The van der Waals surface area contributed by atoms with Gasteiger partial charge in [-0.2, -0.15) is 0 Å². The molecule has 0 aliphatic heterocycles. The highest BCUT2D eigenvalue weighted by molar-refractivity contribution is 5.82. The molecule has 2 atom stereocenters. The summed E-state index contributed by atoms with van der Waals surface area (Å²) in [7, 11) is 0. The smallest absolute Gasteiger partial charge is 0.136 e. The van der Waals surface area contributed by atoms with Crippen molar-refractivity contribution < 1.29 is 4.79 Å². The van der Waals surface area contributed by atoms with Gasteiger partial charge in [0, 0.05) is 12.3 Å². The lowest BCUT2D eigenvalue weighted by Gasteiger charge is -2.24. The summed E-state index contributed by atoms with van der Waals surface area (Å²) in [5.41, 5.74) is 1.21. The predicted molar refractivity (Wildman–Crippen MR) is 71.6 cm³/mol. The summed E-state index contributed by atoms with van der Waals surface area (Å²) in [6.45, 7) is 2.16. The summed E-state index contributed by atoms with van der Waals surface area (Å²) in [6, 6.07) is 10.3. The third kappa shape index (κ3) is 3.29. The second-order valence-corrected chi connectivity index (χ2v) is 4.95. The van der Waals surface area contributed by atoms with E-state index in [1.54, 1.807) is 0 Å². The minimum absolute atomic E-state index is 0.253. The minimum Gasteiger partial charge on any atom is -0.299 e. The van der Waals surface area contributed by atoms with E-state index < -0.39 is 0 Å². The fourth-order valence-corrected chi connectivity index (χ4v) is 2.53. The first-order valence-corrected chi connectivity index (χ1v) is 6.53. The standard InChI is InChI=1S/C16H20O/c1-13(15-9-5-6-10-16(15)17)11-12-14-7-3-2-4-8-14/h2-4,7-8,11-13,15H,5-6,9-10H2,1H3/b12-11+. The molecule has 0 amide bonds. The maximum atomic E-state index is 11.8. The van der Waals surface area contributed by atoms with E-state index in [0.717, 1.165) is 19.3 Å². The van der Waals surface area contributed by atoms with Gasteiger partial charge in [0.2, 0.25) is 0 Å². The molecule has 0 N–H and O–H groups in total. The van der Waals surface area contributed by atoms with Crippen LogP contribution in [-0.2, 0) is 4.79 Å². The SMILES string of the molecule is CC(/C=C/c1ccccc1)C1CCCCC1=O. The molecule has 1 fully saturated rings. The lowest BCUT2D eigenvalue weighted by molar-refractivity contribution is -0.125. The summed E-state index contributed by atoms with van der Waals surface area (Å²) < 4.78 is 0. The molecule has 17 heavy (non-hydrogen) atoms. The first-order valence-electron chi connectivity index (χ1n) is 6.53. The van der Waals surface area contributed by atoms with Crippen LogP contribution in [0.1, 0.15) is 38.2 Å². The maximum absolute atomic E-state index is 11.8. The fourth-order valence-electron chi connectivity index (χ4n) is 2.53. The summed E-state index contributed by atoms with van der Waals surface area (Å²) in [5, 5.41) is 0. The average molecular weight is 228 g/mol. The summed E-state index contributed by atoms with van der Waals surface area (Å²) in [6.07, 6.45) is 8.47. The summed E-state index contributed by atoms with van der Waals surface area (Å²) >= 11 is 0. The van der Waals surface area contributed by atoms with Crippen molar-refractivity contribution in [3.05, 3.63) is 42.0 Å². The van der Waals surface area contributed by atoms with E-state index in [1.807, 2.05) is 18.2 Å². The van der Waals surface area contributed by atoms with Crippen molar-refractivity contribution in [3.8, 4) is 0 Å². The zero-order chi connectivity index (χ0) is 12.1. The van der Waals surface area contributed by atoms with Crippen LogP contribution in [0.25, 0.3) is 6.08 Å². The Balaban J connectivity index is 1.98. The molecule has 1 saturated carbocycles. The van der Waals surface area contributed by atoms with Crippen molar-refractivity contribution in [3.63, 3.8) is 0 Å². The molecule has 0 radical (unpaired) electrons. The second-order valence-electron chi connectivity index (χ2n) is 4.95. The Hall–Kier alpha value is -1.37. The normalized spacial score (nSPS) is 22.9. The maximum Gasteiger partial charge on any atom is 0.136 e. The van der Waals surface area contributed by atoms with Gasteiger partial charge in [-0.3, -0.25) is 4.79 Å². The molecule has 0 aromatic heterocycles. The number of hydrogen-bond acceptors (Lipinski definition) is 1. The predicted octanol–water partition coefficient (Wildman–Crippen LogP) is 4.10. The van der Waals surface area contributed by atoms with Crippen molar-refractivity contribution in [2.75, 3.05) is 0 Å². The number of ketones is 1. The Morgan fingerprint density at radius 1 is 1.24 bits per heavy atom. The van der Waals surface area contributed by atoms with Gasteiger partial charge in [-0.25, -0.2) is 0 Å². The molecule has 2 unspecified atom stereocenters. The van der Waals surface area contributed by atoms with Gasteiger partial charge in [0.05, 0.1) is 0 Å². The zero-order valence-corrected chi connectivity index (χ0v) is 10.4. The lowest BCUT2D eigenvalue weighted by Crippen LogP contribution is -2.24. The molecule has 0 spiro atoms. The van der Waals surface area contributed by atoms with Crippen LogP contribution >= 0.6 is 0 Å². The first kappa shape index (κ1) is 12.1. The molecule has 2 rings (SSSR count). The highest BCUT2D eigenvalue weighted by Crippen LogP contribution is 2.28. The highest BCUT2D eigenvalue weighted by Gasteiger charge is 2.25. The van der Waals surface area contributed by atoms with Gasteiger partial charge in [-0.1, -0.05) is 55.8 Å². The van der Waals surface area contributed by atoms with E-state index in [-0.39, 0.29) is 5.92 Å². The molecule has 1 aromatic carbocycles. The molecule has 0 bridgehead atoms. The Labute approximate surface area is 104 Å². The molecule has 0 saturated heterocycles. The second kappa shape index (κ2) is 5.81. The Kier molecular flexibility index (Phi) is 4.13. The van der Waals surface area contributed by atoms with Crippen LogP contribution in [0.15, 0.2) is 36.4 Å². The number of rotatable bonds is 3. The molecule has 90 valence electrons. The topological polar surface area (TPSA) is 17.1 Å². The van der Waals surface area contributed by atoms with Crippen molar-refractivity contribution in [2.45, 2.75) is 32.6 Å². The van der Waals surface area contributed by atoms with Crippen LogP contribution in [0.3, 0.4) is 0 Å². The van der Waals surface area contributed by atoms with Gasteiger partial charge in [-0.15, -0.1) is 0 Å². The van der Waals surface area contributed by atoms with E-state index in [4.69, 9.17) is 0 Å². The van der Waals surface area contributed by atoms with E-state index in [9.17, 15) is 4.79 Å². The quantitative estimate of drug-likeness (QED) is 0.761. The third-order valence-corrected chi connectivity index (χ3v) is 3.63. The van der Waals surface area contributed by atoms with Gasteiger partial charge in [0.25, 0.3) is 0 Å². The number of carbonyl (C=O) groups excluding carboxylic acids is 1. The Bertz CT molecular complexity index is 391. The number of allylic oxidation sites excluding steroid dienone is 1. The molecular weight excluding hydrogens is 208 g/mol. The Morgan fingerprint density at radius 3 is 2.71 bits per heavy atom. The van der Waals surface area contributed by atoms with E-state index in [0.29, 0.717) is 11.7 Å². The van der Waals surface area contributed by atoms with E-state index in [1.165, 1.54) is 12.0 Å². The van der Waals surface area contributed by atoms with Crippen molar-refractivity contribution in [2.24, 2.45) is 11.8 Å². The average Bonchev–Trinajstić information content (AvgIpc) is 2.38. The minimum atomic E-state index is 0.253. The van der Waals surface area contributed by atoms with Crippen LogP contribution < -0.4 is 0 Å². The molecular formula is C16H20O. The van der Waals surface area contributed by atoms with Crippen LogP contribution in [-0.4, -0.2) is 5.78 Å². The van der Waals surface area contributed by atoms with Gasteiger partial charge in [-0.05, 0) is 24.3 Å². The van der Waals surface area contributed by atoms with Crippen LogP contribution in [0, 0.1) is 11.8 Å².